The summed E-state index contributed by atoms with van der Waals surface area (Å²) in [5.41, 5.74) is -0.277. The molecule has 1 heterocycles. The number of fused-ring (bicyclic) bond motifs is 1. The summed E-state index contributed by atoms with van der Waals surface area (Å²) in [7, 11) is 0. The third-order valence-corrected chi connectivity index (χ3v) is 4.58. The summed E-state index contributed by atoms with van der Waals surface area (Å²) in [5, 5.41) is 10.3. The van der Waals surface area contributed by atoms with E-state index in [4.69, 9.17) is 11.6 Å². The molecule has 0 unspecified atom stereocenters. The highest BCUT2D eigenvalue weighted by Crippen LogP contribution is 2.51. The minimum Gasteiger partial charge on any atom is -0.512 e. The summed E-state index contributed by atoms with van der Waals surface area (Å²) in [6.45, 7) is 6.58. The number of hydrogen-bond donors (Lipinski definition) is 1. The molecule has 4 aliphatic rings. The number of likely N-dealkylation sites (tertiary alicyclic amines) is 1. The van der Waals surface area contributed by atoms with Gasteiger partial charge in [-0.1, -0.05) is 24.3 Å². The van der Waals surface area contributed by atoms with Crippen LogP contribution in [0, 0.1) is 5.41 Å². The van der Waals surface area contributed by atoms with Gasteiger partial charge in [0.05, 0.1) is 15.9 Å². The first kappa shape index (κ1) is 12.8. The number of halogens is 1. The van der Waals surface area contributed by atoms with Crippen molar-refractivity contribution < 1.29 is 9.90 Å². The Morgan fingerprint density at radius 3 is 2.37 bits per heavy atom. The molecule has 0 aromatic heterocycles. The van der Waals surface area contributed by atoms with Gasteiger partial charge in [-0.15, -0.1) is 11.6 Å². The smallest absolute Gasteiger partial charge is 0.254 e. The highest BCUT2D eigenvalue weighted by Gasteiger charge is 2.53. The van der Waals surface area contributed by atoms with Crippen LogP contribution in [0.2, 0.25) is 0 Å². The lowest BCUT2D eigenvalue weighted by molar-refractivity contribution is -0.128. The van der Waals surface area contributed by atoms with E-state index in [1.54, 1.807) is 0 Å². The number of amides is 1. The molecule has 0 radical (unpaired) electrons. The third-order valence-electron chi connectivity index (χ3n) is 4.20. The van der Waals surface area contributed by atoms with Crippen molar-refractivity contribution in [3.05, 3.63) is 35.6 Å². The number of carbonyl (C=O) groups excluding carboxylic acids is 1. The molecule has 1 fully saturated rings. The summed E-state index contributed by atoms with van der Waals surface area (Å²) in [6.07, 6.45) is 8.03. The largest absolute Gasteiger partial charge is 0.512 e. The molecule has 1 spiro atoms. The van der Waals surface area contributed by atoms with Crippen LogP contribution >= 0.6 is 11.6 Å². The van der Waals surface area contributed by atoms with Crippen molar-refractivity contribution in [2.45, 2.75) is 37.6 Å². The maximum Gasteiger partial charge on any atom is 0.254 e. The fourth-order valence-corrected chi connectivity index (χ4v) is 3.35. The average Bonchev–Trinajstić information content (AvgIpc) is 2.45. The molecule has 0 aromatic carbocycles. The van der Waals surface area contributed by atoms with E-state index in [-0.39, 0.29) is 23.6 Å². The number of nitrogens with zero attached hydrogens (tertiary/aromatic N) is 1. The molecule has 3 nitrogen and oxygen atoms in total. The molecule has 0 aromatic rings. The molecule has 2 bridgehead atoms. The Morgan fingerprint density at radius 2 is 1.84 bits per heavy atom. The predicted octanol–water partition coefficient (Wildman–Crippen LogP) is 2.93. The standard InChI is InChI=1S/C15H18ClNO2/c1-13(2,3)17-9-14-4-6-15(16,7-5-14)8-10(18)11(14)12(17)19/h4-7,18H,8-9H2,1-3H3. The SMILES string of the molecule is CC(C)(C)N1CC23C=CC(Cl)(C=C2)CC(O)=C3C1=O. The van der Waals surface area contributed by atoms with Crippen molar-refractivity contribution in [1.29, 1.82) is 0 Å². The summed E-state index contributed by atoms with van der Waals surface area (Å²) >= 11 is 6.39. The van der Waals surface area contributed by atoms with Crippen molar-refractivity contribution in [3.63, 3.8) is 0 Å². The molecule has 1 N–H and O–H groups in total. The fourth-order valence-electron chi connectivity index (χ4n) is 3.10. The molecule has 1 amide bonds. The first-order valence-electron chi connectivity index (χ1n) is 6.51. The van der Waals surface area contributed by atoms with Gasteiger partial charge in [0.2, 0.25) is 0 Å². The van der Waals surface area contributed by atoms with E-state index >= 15 is 0 Å². The number of rotatable bonds is 0. The van der Waals surface area contributed by atoms with Crippen LogP contribution in [0.25, 0.3) is 0 Å². The molecule has 102 valence electrons. The topological polar surface area (TPSA) is 40.5 Å². The normalized spacial score (nSPS) is 37.1. The van der Waals surface area contributed by atoms with Crippen LogP contribution in [0.4, 0.5) is 0 Å². The monoisotopic (exact) mass is 279 g/mol. The Labute approximate surface area is 118 Å². The zero-order valence-corrected chi connectivity index (χ0v) is 12.2. The van der Waals surface area contributed by atoms with E-state index in [9.17, 15) is 9.90 Å². The van der Waals surface area contributed by atoms with Crippen molar-refractivity contribution in [1.82, 2.24) is 4.90 Å². The van der Waals surface area contributed by atoms with Gasteiger partial charge in [0.1, 0.15) is 5.76 Å². The minimum absolute atomic E-state index is 0.0814. The van der Waals surface area contributed by atoms with Gasteiger partial charge in [-0.25, -0.2) is 0 Å². The molecule has 19 heavy (non-hydrogen) atoms. The van der Waals surface area contributed by atoms with Gasteiger partial charge >= 0.3 is 0 Å². The summed E-state index contributed by atoms with van der Waals surface area (Å²) in [5.74, 6) is 0.0452. The van der Waals surface area contributed by atoms with Gasteiger partial charge in [-0.2, -0.15) is 0 Å². The predicted molar refractivity (Wildman–Crippen MR) is 75.0 cm³/mol. The van der Waals surface area contributed by atoms with Gasteiger partial charge in [-0.3, -0.25) is 4.79 Å². The van der Waals surface area contributed by atoms with E-state index in [0.29, 0.717) is 12.1 Å². The molecule has 3 aliphatic carbocycles. The van der Waals surface area contributed by atoms with Crippen LogP contribution in [0.3, 0.4) is 0 Å². The number of aliphatic hydroxyl groups is 1. The second-order valence-electron chi connectivity index (χ2n) is 6.69. The van der Waals surface area contributed by atoms with Crippen LogP contribution in [0.1, 0.15) is 27.2 Å². The molecule has 1 saturated heterocycles. The van der Waals surface area contributed by atoms with Gasteiger partial charge in [0.25, 0.3) is 5.91 Å². The zero-order chi connectivity index (χ0) is 14.1. The van der Waals surface area contributed by atoms with Crippen molar-refractivity contribution in [2.75, 3.05) is 6.54 Å². The van der Waals surface area contributed by atoms with Crippen molar-refractivity contribution >= 4 is 17.5 Å². The van der Waals surface area contributed by atoms with E-state index in [2.05, 4.69) is 0 Å². The fraction of sp³-hybridized carbons (Fsp3) is 0.533. The lowest BCUT2D eigenvalue weighted by Crippen LogP contribution is -2.43. The highest BCUT2D eigenvalue weighted by atomic mass is 35.5. The molecule has 4 rings (SSSR count). The minimum atomic E-state index is -0.681. The second-order valence-corrected chi connectivity index (χ2v) is 7.40. The first-order chi connectivity index (χ1) is 8.67. The summed E-state index contributed by atoms with van der Waals surface area (Å²) < 4.78 is 0. The Morgan fingerprint density at radius 1 is 1.26 bits per heavy atom. The number of carbonyl (C=O) groups is 1. The summed E-state index contributed by atoms with van der Waals surface area (Å²) in [4.78, 5) is 13.8. The first-order valence-corrected chi connectivity index (χ1v) is 6.89. The second kappa shape index (κ2) is 3.45. The third kappa shape index (κ3) is 1.68. The average molecular weight is 280 g/mol. The van der Waals surface area contributed by atoms with E-state index < -0.39 is 10.3 Å². The van der Waals surface area contributed by atoms with Crippen LogP contribution in [0.5, 0.6) is 0 Å². The quantitative estimate of drug-likeness (QED) is 0.547. The van der Waals surface area contributed by atoms with Crippen LogP contribution in [0.15, 0.2) is 35.6 Å². The van der Waals surface area contributed by atoms with E-state index in [0.717, 1.165) is 0 Å². The van der Waals surface area contributed by atoms with E-state index in [1.807, 2.05) is 50.0 Å². The van der Waals surface area contributed by atoms with Crippen LogP contribution < -0.4 is 0 Å². The van der Waals surface area contributed by atoms with Crippen molar-refractivity contribution in [3.8, 4) is 0 Å². The Hall–Kier alpha value is -1.22. The molecular weight excluding hydrogens is 262 g/mol. The number of alkyl halides is 1. The van der Waals surface area contributed by atoms with Gasteiger partial charge < -0.3 is 10.0 Å². The molecule has 0 atom stereocenters. The van der Waals surface area contributed by atoms with Crippen LogP contribution in [-0.4, -0.2) is 32.9 Å². The Bertz CT molecular complexity index is 537. The molecule has 4 heteroatoms. The lowest BCUT2D eigenvalue weighted by Gasteiger charge is -2.34. The van der Waals surface area contributed by atoms with E-state index in [1.165, 1.54) is 0 Å². The Kier molecular flexibility index (Phi) is 2.33. The maximum absolute atomic E-state index is 12.6. The number of hydrogen-bond acceptors (Lipinski definition) is 2. The van der Waals surface area contributed by atoms with Crippen LogP contribution in [-0.2, 0) is 4.79 Å². The highest BCUT2D eigenvalue weighted by molar-refractivity contribution is 6.27. The van der Waals surface area contributed by atoms with Crippen molar-refractivity contribution in [2.24, 2.45) is 5.41 Å². The lowest BCUT2D eigenvalue weighted by atomic mass is 9.79. The summed E-state index contributed by atoms with van der Waals surface area (Å²) in [6, 6.07) is 0. The maximum atomic E-state index is 12.6. The molecule has 0 saturated carbocycles. The molecular formula is C15H18ClNO2. The number of aliphatic hydroxyl groups excluding tert-OH is 1. The zero-order valence-electron chi connectivity index (χ0n) is 11.4. The Balaban J connectivity index is 2.16. The number of allylic oxidation sites excluding steroid dienone is 3. The molecule has 1 aliphatic heterocycles. The van der Waals surface area contributed by atoms with Gasteiger partial charge in [-0.05, 0) is 20.8 Å². The van der Waals surface area contributed by atoms with Gasteiger partial charge in [0, 0.05) is 18.5 Å². The van der Waals surface area contributed by atoms with Gasteiger partial charge in [0.15, 0.2) is 0 Å².